The Balaban J connectivity index is 0.00000420. The molecule has 0 spiro atoms. The summed E-state index contributed by atoms with van der Waals surface area (Å²) in [5.41, 5.74) is 2.23. The van der Waals surface area contributed by atoms with Crippen molar-refractivity contribution < 1.29 is 14.3 Å². The van der Waals surface area contributed by atoms with Gasteiger partial charge in [0.15, 0.2) is 5.96 Å². The van der Waals surface area contributed by atoms with E-state index in [1.165, 1.54) is 5.56 Å². The van der Waals surface area contributed by atoms with Gasteiger partial charge in [0.2, 0.25) is 5.91 Å². The summed E-state index contributed by atoms with van der Waals surface area (Å²) in [5.74, 6) is 0.647. The van der Waals surface area contributed by atoms with Crippen molar-refractivity contribution in [2.45, 2.75) is 33.1 Å². The summed E-state index contributed by atoms with van der Waals surface area (Å²) in [6, 6.07) is 8.05. The van der Waals surface area contributed by atoms with E-state index >= 15 is 0 Å². The first-order chi connectivity index (χ1) is 13.8. The van der Waals surface area contributed by atoms with E-state index in [0.29, 0.717) is 32.3 Å². The molecule has 1 heterocycles. The molecule has 0 aromatic heterocycles. The number of amides is 1. The number of fused-ring (bicyclic) bond motifs is 1. The van der Waals surface area contributed by atoms with Crippen molar-refractivity contribution in [2.75, 3.05) is 57.5 Å². The third-order valence-electron chi connectivity index (χ3n) is 4.46. The van der Waals surface area contributed by atoms with Crippen LogP contribution in [0.5, 0.6) is 0 Å². The van der Waals surface area contributed by atoms with Crippen LogP contribution in [0.15, 0.2) is 29.3 Å². The largest absolute Gasteiger partial charge is 0.379 e. The summed E-state index contributed by atoms with van der Waals surface area (Å²) in [4.78, 5) is 18.8. The molecule has 0 unspecified atom stereocenters. The highest BCUT2D eigenvalue weighted by atomic mass is 127. The van der Waals surface area contributed by atoms with Gasteiger partial charge in [-0.1, -0.05) is 31.5 Å². The zero-order chi connectivity index (χ0) is 20.0. The van der Waals surface area contributed by atoms with Gasteiger partial charge in [0, 0.05) is 31.9 Å². The molecule has 1 aliphatic rings. The Morgan fingerprint density at radius 2 is 1.86 bits per heavy atom. The lowest BCUT2D eigenvalue weighted by Crippen LogP contribution is -2.40. The number of benzene rings is 1. The molecular weight excluding hydrogens is 483 g/mol. The summed E-state index contributed by atoms with van der Waals surface area (Å²) in [6.45, 7) is 8.93. The summed E-state index contributed by atoms with van der Waals surface area (Å²) in [5, 5.41) is 6.36. The van der Waals surface area contributed by atoms with Crippen molar-refractivity contribution in [3.8, 4) is 0 Å². The molecule has 2 rings (SSSR count). The van der Waals surface area contributed by atoms with E-state index < -0.39 is 0 Å². The zero-order valence-electron chi connectivity index (χ0n) is 17.6. The standard InChI is InChI=1S/C21H34N4O3.HI/c1-3-5-13-27-15-16-28-14-11-23-21(22-4-2)24-17-20(26)25-12-10-18-8-6-7-9-19(18)25;/h6-9H,3-5,10-17H2,1-2H3,(H2,22,23,24);1H. The Hall–Kier alpha value is -1.39. The quantitative estimate of drug-likeness (QED) is 0.193. The molecule has 0 saturated heterocycles. The van der Waals surface area contributed by atoms with Crippen LogP contribution in [-0.2, 0) is 20.7 Å². The molecule has 8 heteroatoms. The molecule has 1 amide bonds. The number of guanidine groups is 1. The van der Waals surface area contributed by atoms with Crippen LogP contribution in [0.2, 0.25) is 0 Å². The lowest BCUT2D eigenvalue weighted by molar-refractivity contribution is -0.117. The average molecular weight is 518 g/mol. The number of anilines is 1. The smallest absolute Gasteiger partial charge is 0.248 e. The first-order valence-electron chi connectivity index (χ1n) is 10.3. The van der Waals surface area contributed by atoms with E-state index in [0.717, 1.165) is 44.6 Å². The van der Waals surface area contributed by atoms with Gasteiger partial charge in [0.1, 0.15) is 6.54 Å². The van der Waals surface area contributed by atoms with Gasteiger partial charge < -0.3 is 25.0 Å². The average Bonchev–Trinajstić information content (AvgIpc) is 3.14. The Bertz CT molecular complexity index is 628. The predicted octanol–water partition coefficient (Wildman–Crippen LogP) is 2.58. The van der Waals surface area contributed by atoms with Crippen LogP contribution in [-0.4, -0.2) is 64.5 Å². The van der Waals surface area contributed by atoms with E-state index in [2.05, 4.69) is 28.6 Å². The monoisotopic (exact) mass is 518 g/mol. The van der Waals surface area contributed by atoms with E-state index in [4.69, 9.17) is 9.47 Å². The number of rotatable bonds is 12. The summed E-state index contributed by atoms with van der Waals surface area (Å²) >= 11 is 0. The van der Waals surface area contributed by atoms with Gasteiger partial charge in [-0.15, -0.1) is 24.0 Å². The van der Waals surface area contributed by atoms with Crippen LogP contribution in [0.3, 0.4) is 0 Å². The second kappa shape index (κ2) is 15.4. The molecule has 0 radical (unpaired) electrons. The zero-order valence-corrected chi connectivity index (χ0v) is 19.9. The highest BCUT2D eigenvalue weighted by Gasteiger charge is 2.23. The number of hydrogen-bond acceptors (Lipinski definition) is 4. The number of nitrogens with zero attached hydrogens (tertiary/aromatic N) is 2. The van der Waals surface area contributed by atoms with Crippen molar-refractivity contribution in [1.29, 1.82) is 0 Å². The minimum atomic E-state index is 0. The maximum Gasteiger partial charge on any atom is 0.248 e. The number of carbonyl (C=O) groups is 1. The van der Waals surface area contributed by atoms with Crippen molar-refractivity contribution in [2.24, 2.45) is 4.99 Å². The molecule has 0 bridgehead atoms. The van der Waals surface area contributed by atoms with E-state index in [9.17, 15) is 4.79 Å². The van der Waals surface area contributed by atoms with Crippen molar-refractivity contribution >= 4 is 41.5 Å². The van der Waals surface area contributed by atoms with Gasteiger partial charge in [-0.2, -0.15) is 0 Å². The normalized spacial score (nSPS) is 13.0. The number of aliphatic imine (C=N–C) groups is 1. The molecule has 0 atom stereocenters. The lowest BCUT2D eigenvalue weighted by Gasteiger charge is -2.17. The summed E-state index contributed by atoms with van der Waals surface area (Å²) in [7, 11) is 0. The topological polar surface area (TPSA) is 75.2 Å². The highest BCUT2D eigenvalue weighted by Crippen LogP contribution is 2.27. The molecule has 29 heavy (non-hydrogen) atoms. The van der Waals surface area contributed by atoms with Gasteiger partial charge >= 0.3 is 0 Å². The summed E-state index contributed by atoms with van der Waals surface area (Å²) < 4.78 is 11.0. The number of para-hydroxylation sites is 1. The fraction of sp³-hybridized carbons (Fsp3) is 0.619. The molecule has 2 N–H and O–H groups in total. The molecule has 1 aromatic carbocycles. The summed E-state index contributed by atoms with van der Waals surface area (Å²) in [6.07, 6.45) is 3.14. The fourth-order valence-corrected chi connectivity index (χ4v) is 2.98. The lowest BCUT2D eigenvalue weighted by atomic mass is 10.2. The van der Waals surface area contributed by atoms with Crippen LogP contribution in [0.4, 0.5) is 5.69 Å². The van der Waals surface area contributed by atoms with Gasteiger partial charge in [-0.05, 0) is 31.4 Å². The van der Waals surface area contributed by atoms with E-state index in [-0.39, 0.29) is 36.4 Å². The third kappa shape index (κ3) is 9.31. The van der Waals surface area contributed by atoms with Gasteiger partial charge in [-0.25, -0.2) is 4.99 Å². The first kappa shape index (κ1) is 25.6. The van der Waals surface area contributed by atoms with Gasteiger partial charge in [-0.3, -0.25) is 4.79 Å². The first-order valence-corrected chi connectivity index (χ1v) is 10.3. The van der Waals surface area contributed by atoms with Crippen LogP contribution in [0.1, 0.15) is 32.3 Å². The Kier molecular flexibility index (Phi) is 13.7. The number of carbonyl (C=O) groups excluding carboxylic acids is 1. The molecule has 7 nitrogen and oxygen atoms in total. The minimum absolute atomic E-state index is 0. The van der Waals surface area contributed by atoms with Crippen molar-refractivity contribution in [3.63, 3.8) is 0 Å². The Morgan fingerprint density at radius 3 is 2.62 bits per heavy atom. The molecule has 1 aromatic rings. The Morgan fingerprint density at radius 1 is 1.10 bits per heavy atom. The van der Waals surface area contributed by atoms with E-state index in [1.807, 2.05) is 30.0 Å². The van der Waals surface area contributed by atoms with Gasteiger partial charge in [0.05, 0.1) is 19.8 Å². The van der Waals surface area contributed by atoms with Crippen LogP contribution < -0.4 is 15.5 Å². The third-order valence-corrected chi connectivity index (χ3v) is 4.46. The molecule has 0 saturated carbocycles. The van der Waals surface area contributed by atoms with Crippen LogP contribution >= 0.6 is 24.0 Å². The van der Waals surface area contributed by atoms with Crippen molar-refractivity contribution in [3.05, 3.63) is 29.8 Å². The Labute approximate surface area is 191 Å². The fourth-order valence-electron chi connectivity index (χ4n) is 2.98. The SMILES string of the molecule is CCCCOCCOCCNC(=NCC(=O)N1CCc2ccccc21)NCC.I. The second-order valence-corrected chi connectivity index (χ2v) is 6.62. The number of halogens is 1. The number of nitrogens with one attached hydrogen (secondary N) is 2. The molecule has 1 aliphatic heterocycles. The molecule has 0 aliphatic carbocycles. The number of ether oxygens (including phenoxy) is 2. The predicted molar refractivity (Wildman–Crippen MR) is 128 cm³/mol. The van der Waals surface area contributed by atoms with Gasteiger partial charge in [0.25, 0.3) is 0 Å². The maximum atomic E-state index is 12.6. The van der Waals surface area contributed by atoms with E-state index in [1.54, 1.807) is 0 Å². The van der Waals surface area contributed by atoms with Crippen LogP contribution in [0.25, 0.3) is 0 Å². The molecule has 0 fully saturated rings. The van der Waals surface area contributed by atoms with Crippen molar-refractivity contribution in [1.82, 2.24) is 10.6 Å². The molecular formula is C21H35IN4O3. The maximum absolute atomic E-state index is 12.6. The number of hydrogen-bond donors (Lipinski definition) is 2. The van der Waals surface area contributed by atoms with Crippen LogP contribution in [0, 0.1) is 0 Å². The minimum Gasteiger partial charge on any atom is -0.379 e. The highest BCUT2D eigenvalue weighted by molar-refractivity contribution is 14.0. The molecule has 164 valence electrons. The second-order valence-electron chi connectivity index (χ2n) is 6.62. The number of unbranched alkanes of at least 4 members (excludes halogenated alkanes) is 1.